The first-order chi connectivity index (χ1) is 15.8. The van der Waals surface area contributed by atoms with Crippen molar-refractivity contribution >= 4 is 34.8 Å². The van der Waals surface area contributed by atoms with E-state index in [4.69, 9.17) is 16.3 Å². The number of fused-ring (bicyclic) bond motifs is 1. The Morgan fingerprint density at radius 2 is 1.76 bits per heavy atom. The molecule has 0 bridgehead atoms. The normalized spacial score (nSPS) is 17.3. The number of rotatable bonds is 4. The van der Waals surface area contributed by atoms with Crippen LogP contribution in [0.4, 0.5) is 11.4 Å². The van der Waals surface area contributed by atoms with Crippen LogP contribution in [0.5, 0.6) is 5.75 Å². The Morgan fingerprint density at radius 3 is 2.42 bits per heavy atom. The molecule has 1 aliphatic heterocycles. The second kappa shape index (κ2) is 9.28. The fourth-order valence-electron chi connectivity index (χ4n) is 4.68. The number of carbonyl (C=O) groups is 2. The van der Waals surface area contributed by atoms with Gasteiger partial charge in [0.2, 0.25) is 5.91 Å². The van der Waals surface area contributed by atoms with Crippen LogP contribution in [-0.4, -0.2) is 25.0 Å². The van der Waals surface area contributed by atoms with Crippen molar-refractivity contribution in [1.82, 2.24) is 0 Å². The van der Waals surface area contributed by atoms with Gasteiger partial charge in [0.05, 0.1) is 18.8 Å². The van der Waals surface area contributed by atoms with E-state index in [2.05, 4.69) is 0 Å². The van der Waals surface area contributed by atoms with E-state index in [1.807, 2.05) is 61.2 Å². The third-order valence-corrected chi connectivity index (χ3v) is 6.42. The number of halogens is 1. The molecule has 2 atom stereocenters. The first-order valence-electron chi connectivity index (χ1n) is 10.9. The van der Waals surface area contributed by atoms with Crippen LogP contribution in [0.25, 0.3) is 0 Å². The summed E-state index contributed by atoms with van der Waals surface area (Å²) in [6, 6.07) is 20.1. The van der Waals surface area contributed by atoms with Gasteiger partial charge in [-0.15, -0.1) is 0 Å². The Balaban J connectivity index is 1.82. The van der Waals surface area contributed by atoms with E-state index in [0.29, 0.717) is 22.8 Å². The molecule has 0 aromatic heterocycles. The van der Waals surface area contributed by atoms with Crippen LogP contribution in [0.1, 0.15) is 47.8 Å². The van der Waals surface area contributed by atoms with E-state index >= 15 is 0 Å². The van der Waals surface area contributed by atoms with Gasteiger partial charge in [-0.25, -0.2) is 0 Å². The molecule has 33 heavy (non-hydrogen) atoms. The minimum atomic E-state index is -0.206. The number of carbonyl (C=O) groups excluding carboxylic acids is 2. The largest absolute Gasteiger partial charge is 0.497 e. The van der Waals surface area contributed by atoms with Crippen molar-refractivity contribution in [3.05, 3.63) is 88.4 Å². The van der Waals surface area contributed by atoms with Gasteiger partial charge < -0.3 is 14.5 Å². The molecule has 0 radical (unpaired) electrons. The molecule has 0 saturated heterocycles. The molecule has 0 saturated carbocycles. The zero-order valence-electron chi connectivity index (χ0n) is 19.2. The second-order valence-corrected chi connectivity index (χ2v) is 8.82. The predicted octanol–water partition coefficient (Wildman–Crippen LogP) is 6.19. The van der Waals surface area contributed by atoms with Crippen molar-refractivity contribution in [3.63, 3.8) is 0 Å². The average molecular weight is 463 g/mol. The number of nitrogens with zero attached hydrogens (tertiary/aromatic N) is 2. The fourth-order valence-corrected chi connectivity index (χ4v) is 4.81. The minimum absolute atomic E-state index is 0.0606. The summed E-state index contributed by atoms with van der Waals surface area (Å²) in [5.74, 6) is 0.490. The molecule has 0 fully saturated rings. The lowest BCUT2D eigenvalue weighted by Gasteiger charge is -2.44. The van der Waals surface area contributed by atoms with E-state index in [-0.39, 0.29) is 23.9 Å². The van der Waals surface area contributed by atoms with E-state index in [1.165, 1.54) is 0 Å². The Labute approximate surface area is 199 Å². The van der Waals surface area contributed by atoms with E-state index < -0.39 is 0 Å². The number of amides is 2. The molecule has 1 heterocycles. The van der Waals surface area contributed by atoms with Gasteiger partial charge in [0.1, 0.15) is 5.75 Å². The monoisotopic (exact) mass is 462 g/mol. The van der Waals surface area contributed by atoms with Crippen LogP contribution in [0.3, 0.4) is 0 Å². The highest BCUT2D eigenvalue weighted by Crippen LogP contribution is 2.44. The number of hydrogen-bond acceptors (Lipinski definition) is 3. The average Bonchev–Trinajstić information content (AvgIpc) is 2.80. The molecule has 5 nitrogen and oxygen atoms in total. The first-order valence-corrected chi connectivity index (χ1v) is 11.3. The smallest absolute Gasteiger partial charge is 0.258 e. The van der Waals surface area contributed by atoms with Gasteiger partial charge in [-0.2, -0.15) is 0 Å². The molecule has 6 heteroatoms. The summed E-state index contributed by atoms with van der Waals surface area (Å²) in [4.78, 5) is 30.2. The quantitative estimate of drug-likeness (QED) is 0.464. The molecule has 0 N–H and O–H groups in total. The minimum Gasteiger partial charge on any atom is -0.497 e. The highest BCUT2D eigenvalue weighted by Gasteiger charge is 2.39. The number of ether oxygens (including phenoxy) is 1. The molecule has 3 aromatic rings. The number of methoxy groups -OCH3 is 1. The predicted molar refractivity (Wildman–Crippen MR) is 132 cm³/mol. The summed E-state index contributed by atoms with van der Waals surface area (Å²) >= 11 is 6.08. The van der Waals surface area contributed by atoms with Crippen molar-refractivity contribution in [2.45, 2.75) is 39.3 Å². The fraction of sp³-hybridized carbons (Fsp3) is 0.259. The van der Waals surface area contributed by atoms with Gasteiger partial charge in [-0.3, -0.25) is 9.59 Å². The highest BCUT2D eigenvalue weighted by molar-refractivity contribution is 6.30. The van der Waals surface area contributed by atoms with Crippen LogP contribution >= 0.6 is 11.6 Å². The number of anilines is 2. The third-order valence-electron chi connectivity index (χ3n) is 6.17. The maximum Gasteiger partial charge on any atom is 0.258 e. The van der Waals surface area contributed by atoms with Crippen LogP contribution in [-0.2, 0) is 4.79 Å². The Morgan fingerprint density at radius 1 is 1.06 bits per heavy atom. The Hall–Kier alpha value is -3.31. The van der Waals surface area contributed by atoms with Crippen molar-refractivity contribution in [2.75, 3.05) is 16.9 Å². The molecule has 0 spiro atoms. The van der Waals surface area contributed by atoms with Gasteiger partial charge in [-0.05, 0) is 73.9 Å². The summed E-state index contributed by atoms with van der Waals surface area (Å²) < 4.78 is 5.32. The molecule has 0 unspecified atom stereocenters. The van der Waals surface area contributed by atoms with E-state index in [0.717, 1.165) is 22.5 Å². The summed E-state index contributed by atoms with van der Waals surface area (Å²) in [6.07, 6.45) is 0.606. The van der Waals surface area contributed by atoms with Crippen molar-refractivity contribution < 1.29 is 14.3 Å². The van der Waals surface area contributed by atoms with Crippen LogP contribution in [0.15, 0.2) is 66.7 Å². The SMILES string of the molecule is COc1cccc(C(=O)N2c3c(C)cccc3[C@@H](N(C(C)=O)c3ccc(Cl)cc3)C[C@H]2C)c1. The highest BCUT2D eigenvalue weighted by atomic mass is 35.5. The van der Waals surface area contributed by atoms with Gasteiger partial charge in [-0.1, -0.05) is 35.9 Å². The third kappa shape index (κ3) is 4.33. The summed E-state index contributed by atoms with van der Waals surface area (Å²) in [6.45, 7) is 5.60. The number of aryl methyl sites for hydroxylation is 1. The second-order valence-electron chi connectivity index (χ2n) is 8.39. The summed E-state index contributed by atoms with van der Waals surface area (Å²) in [7, 11) is 1.59. The van der Waals surface area contributed by atoms with Gasteiger partial charge in [0.15, 0.2) is 0 Å². The maximum atomic E-state index is 13.7. The van der Waals surface area contributed by atoms with E-state index in [9.17, 15) is 9.59 Å². The topological polar surface area (TPSA) is 49.9 Å². The van der Waals surface area contributed by atoms with Crippen molar-refractivity contribution in [2.24, 2.45) is 0 Å². The maximum absolute atomic E-state index is 13.7. The molecule has 2 amide bonds. The first kappa shape index (κ1) is 22.9. The van der Waals surface area contributed by atoms with Crippen molar-refractivity contribution in [3.8, 4) is 5.75 Å². The Kier molecular flexibility index (Phi) is 6.43. The van der Waals surface area contributed by atoms with Gasteiger partial charge >= 0.3 is 0 Å². The summed E-state index contributed by atoms with van der Waals surface area (Å²) in [5.41, 5.74) is 4.14. The van der Waals surface area contributed by atoms with Crippen LogP contribution in [0, 0.1) is 6.92 Å². The Bertz CT molecular complexity index is 1190. The standard InChI is InChI=1S/C27H27ClN2O3/c1-17-7-5-10-24-25(30(19(3)31)22-13-11-21(28)12-14-22)15-18(2)29(26(17)24)27(32)20-8-6-9-23(16-20)33-4/h5-14,16,18,25H,15H2,1-4H3/t18-,25+/m1/s1. The number of benzene rings is 3. The molecule has 170 valence electrons. The lowest BCUT2D eigenvalue weighted by atomic mass is 9.87. The molecular weight excluding hydrogens is 436 g/mol. The lowest BCUT2D eigenvalue weighted by Crippen LogP contribution is -2.47. The van der Waals surface area contributed by atoms with Crippen LogP contribution in [0.2, 0.25) is 5.02 Å². The molecule has 1 aliphatic rings. The molecular formula is C27H27ClN2O3. The summed E-state index contributed by atoms with van der Waals surface area (Å²) in [5, 5.41) is 0.616. The zero-order valence-corrected chi connectivity index (χ0v) is 20.0. The molecule has 4 rings (SSSR count). The zero-order chi connectivity index (χ0) is 23.7. The van der Waals surface area contributed by atoms with Crippen molar-refractivity contribution in [1.29, 1.82) is 0 Å². The molecule has 3 aromatic carbocycles. The lowest BCUT2D eigenvalue weighted by molar-refractivity contribution is -0.117. The van der Waals surface area contributed by atoms with Gasteiger partial charge in [0, 0.05) is 29.2 Å². The molecule has 0 aliphatic carbocycles. The van der Waals surface area contributed by atoms with Gasteiger partial charge in [0.25, 0.3) is 5.91 Å². The van der Waals surface area contributed by atoms with Crippen LogP contribution < -0.4 is 14.5 Å². The number of hydrogen-bond donors (Lipinski definition) is 0. The number of para-hydroxylation sites is 1. The van der Waals surface area contributed by atoms with E-state index in [1.54, 1.807) is 43.2 Å².